The van der Waals surface area contributed by atoms with Crippen molar-refractivity contribution in [2.24, 2.45) is 16.7 Å². The van der Waals surface area contributed by atoms with Gasteiger partial charge in [0.15, 0.2) is 17.5 Å². The zero-order chi connectivity index (χ0) is 38.0. The number of esters is 3. The molecule has 2 N–H and O–H groups in total. The molecule has 52 heavy (non-hydrogen) atoms. The Morgan fingerprint density at radius 3 is 2.25 bits per heavy atom. The minimum atomic E-state index is -2.20. The normalized spacial score (nSPS) is 34.7. The maximum absolute atomic E-state index is 15.5. The monoisotopic (exact) mass is 739 g/mol. The third-order valence-corrected chi connectivity index (χ3v) is 12.3. The first-order valence-electron chi connectivity index (χ1n) is 16.9. The van der Waals surface area contributed by atoms with Crippen LogP contribution in [0.4, 0.5) is 5.69 Å². The Hall–Kier alpha value is -4.15. The van der Waals surface area contributed by atoms with E-state index < -0.39 is 87.1 Å². The van der Waals surface area contributed by atoms with Crippen LogP contribution >= 0.6 is 12.0 Å². The molecule has 2 aromatic rings. The third-order valence-electron chi connectivity index (χ3n) is 11.5. The topological polar surface area (TPSA) is 198 Å². The number of aliphatic hydroxyl groups is 2. The number of aliphatic hydroxyl groups excluding tert-OH is 1. The molecule has 0 radical (unpaired) electrons. The number of ether oxygens (including phenoxy) is 4. The molecule has 3 aliphatic carbocycles. The van der Waals surface area contributed by atoms with Crippen molar-refractivity contribution in [1.29, 1.82) is 0 Å². The number of benzene rings is 2. The number of hydrogen-bond donors (Lipinski definition) is 2. The van der Waals surface area contributed by atoms with Crippen molar-refractivity contribution in [2.45, 2.75) is 101 Å². The summed E-state index contributed by atoms with van der Waals surface area (Å²) >= 11 is 0.651. The van der Waals surface area contributed by atoms with Gasteiger partial charge in [0.1, 0.15) is 22.7 Å². The predicted molar refractivity (Wildman–Crippen MR) is 183 cm³/mol. The summed E-state index contributed by atoms with van der Waals surface area (Å²) in [5.74, 6) is -4.61. The average Bonchev–Trinajstić information content (AvgIpc) is 3.07. The Balaban J connectivity index is 1.63. The van der Waals surface area contributed by atoms with Gasteiger partial charge in [-0.15, -0.1) is 0 Å². The highest BCUT2D eigenvalue weighted by Gasteiger charge is 2.78. The van der Waals surface area contributed by atoms with Crippen LogP contribution in [0.3, 0.4) is 0 Å². The van der Waals surface area contributed by atoms with Crippen LogP contribution < -0.4 is 0 Å². The van der Waals surface area contributed by atoms with Crippen LogP contribution in [0, 0.1) is 26.9 Å². The van der Waals surface area contributed by atoms with Gasteiger partial charge in [0, 0.05) is 50.2 Å². The predicted octanol–water partition coefficient (Wildman–Crippen LogP) is 4.29. The molecule has 0 spiro atoms. The molecular weight excluding hydrogens is 698 g/mol. The number of hydrogen-bond acceptors (Lipinski definition) is 14. The van der Waals surface area contributed by atoms with Crippen LogP contribution in [0.15, 0.2) is 70.6 Å². The van der Waals surface area contributed by atoms with Gasteiger partial charge in [-0.1, -0.05) is 44.2 Å². The van der Waals surface area contributed by atoms with Crippen molar-refractivity contribution in [3.8, 4) is 0 Å². The lowest BCUT2D eigenvalue weighted by atomic mass is 9.44. The maximum atomic E-state index is 15.5. The quantitative estimate of drug-likeness (QED) is 0.0971. The van der Waals surface area contributed by atoms with Crippen molar-refractivity contribution >= 4 is 41.4 Å². The fourth-order valence-corrected chi connectivity index (χ4v) is 9.67. The Kier molecular flexibility index (Phi) is 9.66. The second kappa shape index (κ2) is 13.4. The Labute approximate surface area is 304 Å². The average molecular weight is 740 g/mol. The van der Waals surface area contributed by atoms with Crippen LogP contribution in [0.1, 0.15) is 64.7 Å². The summed E-state index contributed by atoms with van der Waals surface area (Å²) in [7, 11) is 0. The number of carbonyl (C=O) groups is 4. The van der Waals surface area contributed by atoms with Crippen LogP contribution in [-0.2, 0) is 37.5 Å². The van der Waals surface area contributed by atoms with E-state index in [9.17, 15) is 34.7 Å². The second-order valence-corrected chi connectivity index (χ2v) is 15.4. The fourth-order valence-electron chi connectivity index (χ4n) is 8.81. The molecule has 15 heteroatoms. The largest absolute Gasteiger partial charge is 0.455 e. The van der Waals surface area contributed by atoms with Gasteiger partial charge in [-0.25, -0.2) is 4.79 Å². The number of rotatable bonds is 8. The summed E-state index contributed by atoms with van der Waals surface area (Å²) in [4.78, 5) is 66.8. The molecule has 2 bridgehead atoms. The number of fused-ring (bicyclic) bond motifs is 5. The molecule has 14 nitrogen and oxygen atoms in total. The van der Waals surface area contributed by atoms with Crippen molar-refractivity contribution in [3.05, 3.63) is 81.4 Å². The Morgan fingerprint density at radius 1 is 1.00 bits per heavy atom. The molecular formula is C37H41NO13S. The van der Waals surface area contributed by atoms with Gasteiger partial charge >= 0.3 is 17.9 Å². The van der Waals surface area contributed by atoms with Crippen LogP contribution in [0.25, 0.3) is 0 Å². The van der Waals surface area contributed by atoms with E-state index in [0.29, 0.717) is 12.0 Å². The molecule has 3 fully saturated rings. The van der Waals surface area contributed by atoms with E-state index in [4.69, 9.17) is 23.1 Å². The van der Waals surface area contributed by atoms with E-state index in [2.05, 4.69) is 0 Å². The zero-order valence-electron chi connectivity index (χ0n) is 29.5. The van der Waals surface area contributed by atoms with Crippen LogP contribution in [0.5, 0.6) is 0 Å². The van der Waals surface area contributed by atoms with Gasteiger partial charge in [-0.3, -0.25) is 24.5 Å². The van der Waals surface area contributed by atoms with Gasteiger partial charge in [0.05, 0.1) is 40.6 Å². The minimum absolute atomic E-state index is 0.0890. The molecule has 0 amide bonds. The molecule has 1 saturated heterocycles. The number of para-hydroxylation sites is 1. The van der Waals surface area contributed by atoms with E-state index in [0.717, 1.165) is 6.92 Å². The van der Waals surface area contributed by atoms with Gasteiger partial charge in [-0.2, -0.15) is 0 Å². The lowest BCUT2D eigenvalue weighted by Crippen LogP contribution is -2.82. The highest BCUT2D eigenvalue weighted by molar-refractivity contribution is 7.94. The second-order valence-electron chi connectivity index (χ2n) is 14.6. The first-order chi connectivity index (χ1) is 24.4. The van der Waals surface area contributed by atoms with E-state index in [1.807, 2.05) is 0 Å². The number of Topliss-reactive ketones (excluding diaryl/α,β-unsaturated/α-hetero) is 1. The summed E-state index contributed by atoms with van der Waals surface area (Å²) in [6.07, 6.45) is -7.39. The summed E-state index contributed by atoms with van der Waals surface area (Å²) in [5.41, 5.74) is -7.05. The molecule has 0 unspecified atom stereocenters. The zero-order valence-corrected chi connectivity index (χ0v) is 30.3. The van der Waals surface area contributed by atoms with E-state index in [1.54, 1.807) is 45.0 Å². The molecule has 1 heterocycles. The van der Waals surface area contributed by atoms with Crippen LogP contribution in [-0.4, -0.2) is 87.2 Å². The summed E-state index contributed by atoms with van der Waals surface area (Å²) < 4.78 is 30.7. The Morgan fingerprint density at radius 2 is 1.65 bits per heavy atom. The Bertz CT molecular complexity index is 1850. The lowest BCUT2D eigenvalue weighted by Gasteiger charge is -2.67. The molecule has 0 aromatic heterocycles. The fraction of sp³-hybridized carbons (Fsp3) is 0.514. The highest BCUT2D eigenvalue weighted by atomic mass is 32.2. The first kappa shape index (κ1) is 37.6. The molecule has 278 valence electrons. The lowest BCUT2D eigenvalue weighted by molar-refractivity contribution is -0.387. The van der Waals surface area contributed by atoms with Gasteiger partial charge < -0.3 is 33.3 Å². The summed E-state index contributed by atoms with van der Waals surface area (Å²) in [6, 6.07) is 13.8. The van der Waals surface area contributed by atoms with E-state index >= 15 is 4.79 Å². The van der Waals surface area contributed by atoms with Crippen molar-refractivity contribution in [1.82, 2.24) is 0 Å². The van der Waals surface area contributed by atoms with Gasteiger partial charge in [0.2, 0.25) is 0 Å². The molecule has 9 atom stereocenters. The van der Waals surface area contributed by atoms with Crippen molar-refractivity contribution in [3.63, 3.8) is 0 Å². The van der Waals surface area contributed by atoms with Crippen molar-refractivity contribution < 1.29 is 57.4 Å². The number of carbonyl (C=O) groups excluding carboxylic acids is 4. The third kappa shape index (κ3) is 5.73. The number of ketones is 1. The van der Waals surface area contributed by atoms with Gasteiger partial charge in [-0.05, 0) is 43.2 Å². The molecule has 2 saturated carbocycles. The van der Waals surface area contributed by atoms with E-state index in [1.165, 1.54) is 44.2 Å². The SMILES string of the molecule is CC(=O)O[C@H]1C(=O)[C@]2(C)[C@@H](OSc3ccccc3[N+](=O)[O-])C[C@H]3OC[C@@]3(OC(C)=O)[C@H]2[C@H](OC(=O)c2ccccc2)[C@]2(O)C[C@H](O)C(C)=C1C2(C)C. The molecule has 4 aliphatic rings. The molecule has 6 rings (SSSR count). The summed E-state index contributed by atoms with van der Waals surface area (Å²) in [5, 5.41) is 36.6. The van der Waals surface area contributed by atoms with Crippen LogP contribution in [0.2, 0.25) is 0 Å². The first-order valence-corrected chi connectivity index (χ1v) is 17.6. The number of nitro benzene ring substituents is 1. The smallest absolute Gasteiger partial charge is 0.338 e. The maximum Gasteiger partial charge on any atom is 0.338 e. The van der Waals surface area contributed by atoms with E-state index in [-0.39, 0.29) is 46.7 Å². The minimum Gasteiger partial charge on any atom is -0.455 e. The van der Waals surface area contributed by atoms with Gasteiger partial charge in [0.25, 0.3) is 5.69 Å². The number of nitrogens with zero attached hydrogens (tertiary/aromatic N) is 1. The molecule has 2 aromatic carbocycles. The molecule has 1 aliphatic heterocycles. The highest BCUT2D eigenvalue weighted by Crippen LogP contribution is 2.65. The number of nitro groups is 1. The summed E-state index contributed by atoms with van der Waals surface area (Å²) in [6.45, 7) is 8.36. The standard InChI is InChI=1S/C37H41NO13S/c1-19-24(41)17-37(44)32(49-33(43)22-12-8-7-9-13-22)30-35(6,31(42)29(48-20(2)39)28(19)34(37,4)5)26(16-27-36(30,18-47-27)50-21(3)40)51-52-25-15-11-10-14-23(25)38(45)46/h7-15,24,26-27,29-30,32,41,44H,16-18H2,1-6H3/t24-,26-,27+,29+,30-,32-,35+,36-,37+/m0/s1. The van der Waals surface area contributed by atoms with Crippen molar-refractivity contribution in [2.75, 3.05) is 6.61 Å².